The molecule has 2 aromatic carbocycles. The molecule has 1 N–H and O–H groups in total. The van der Waals surface area contributed by atoms with Crippen molar-refractivity contribution in [3.8, 4) is 17.2 Å². The molecule has 25 heavy (non-hydrogen) atoms. The SMILES string of the molecule is COc1ccc(C2CNC(Cc3ccc(OC)c(OC)c3Cl)O2)cc1. The maximum atomic E-state index is 6.46. The van der Waals surface area contributed by atoms with Gasteiger partial charge in [0.15, 0.2) is 11.5 Å². The molecule has 2 aromatic rings. The van der Waals surface area contributed by atoms with E-state index in [2.05, 4.69) is 5.32 Å². The van der Waals surface area contributed by atoms with E-state index in [0.717, 1.165) is 23.4 Å². The van der Waals surface area contributed by atoms with Crippen LogP contribution in [0.15, 0.2) is 36.4 Å². The van der Waals surface area contributed by atoms with Crippen molar-refractivity contribution in [1.29, 1.82) is 0 Å². The van der Waals surface area contributed by atoms with Crippen molar-refractivity contribution in [2.75, 3.05) is 27.9 Å². The first-order valence-corrected chi connectivity index (χ1v) is 8.46. The summed E-state index contributed by atoms with van der Waals surface area (Å²) in [6.07, 6.45) is 0.545. The number of rotatable bonds is 6. The lowest BCUT2D eigenvalue weighted by Crippen LogP contribution is -2.25. The van der Waals surface area contributed by atoms with Gasteiger partial charge < -0.3 is 18.9 Å². The zero-order valence-electron chi connectivity index (χ0n) is 14.5. The molecule has 0 spiro atoms. The fraction of sp³-hybridized carbons (Fsp3) is 0.368. The van der Waals surface area contributed by atoms with E-state index < -0.39 is 0 Å². The molecule has 134 valence electrons. The molecule has 2 unspecified atom stereocenters. The second kappa shape index (κ2) is 7.95. The van der Waals surface area contributed by atoms with Crippen LogP contribution in [0.2, 0.25) is 5.02 Å². The lowest BCUT2D eigenvalue weighted by atomic mass is 10.1. The van der Waals surface area contributed by atoms with Gasteiger partial charge in [-0.2, -0.15) is 0 Å². The Morgan fingerprint density at radius 2 is 1.80 bits per heavy atom. The molecule has 0 bridgehead atoms. The van der Waals surface area contributed by atoms with Crippen LogP contribution in [0.1, 0.15) is 17.2 Å². The molecule has 0 aliphatic carbocycles. The third kappa shape index (κ3) is 3.84. The Labute approximate surface area is 152 Å². The lowest BCUT2D eigenvalue weighted by molar-refractivity contribution is 0.0416. The minimum absolute atomic E-state index is 0.00910. The van der Waals surface area contributed by atoms with Crippen molar-refractivity contribution in [3.63, 3.8) is 0 Å². The van der Waals surface area contributed by atoms with Crippen molar-refractivity contribution in [2.45, 2.75) is 18.8 Å². The zero-order chi connectivity index (χ0) is 17.8. The highest BCUT2D eigenvalue weighted by atomic mass is 35.5. The second-order valence-electron chi connectivity index (χ2n) is 5.77. The molecule has 1 aliphatic rings. The monoisotopic (exact) mass is 363 g/mol. The maximum absolute atomic E-state index is 6.46. The van der Waals surface area contributed by atoms with Crippen molar-refractivity contribution in [1.82, 2.24) is 5.32 Å². The molecule has 0 amide bonds. The van der Waals surface area contributed by atoms with Crippen LogP contribution in [0.3, 0.4) is 0 Å². The third-order valence-corrected chi connectivity index (χ3v) is 4.73. The van der Waals surface area contributed by atoms with Gasteiger partial charge in [0.1, 0.15) is 12.0 Å². The first kappa shape index (κ1) is 17.9. The minimum Gasteiger partial charge on any atom is -0.497 e. The molecule has 1 fully saturated rings. The minimum atomic E-state index is -0.109. The Bertz CT molecular complexity index is 720. The summed E-state index contributed by atoms with van der Waals surface area (Å²) in [6.45, 7) is 0.752. The summed E-state index contributed by atoms with van der Waals surface area (Å²) in [5.41, 5.74) is 2.07. The molecule has 0 radical (unpaired) electrons. The standard InChI is InChI=1S/C19H22ClNO4/c1-22-14-7-4-12(5-8-14)16-11-21-17(25-16)10-13-6-9-15(23-2)19(24-3)18(13)20/h4-9,16-17,21H,10-11H2,1-3H3. The van der Waals surface area contributed by atoms with E-state index in [-0.39, 0.29) is 12.3 Å². The number of nitrogens with one attached hydrogen (secondary N) is 1. The fourth-order valence-corrected chi connectivity index (χ4v) is 3.27. The van der Waals surface area contributed by atoms with E-state index in [1.54, 1.807) is 21.3 Å². The van der Waals surface area contributed by atoms with Crippen LogP contribution in [0, 0.1) is 0 Å². The van der Waals surface area contributed by atoms with Crippen molar-refractivity contribution >= 4 is 11.6 Å². The second-order valence-corrected chi connectivity index (χ2v) is 6.15. The number of methoxy groups -OCH3 is 3. The van der Waals surface area contributed by atoms with Gasteiger partial charge in [0, 0.05) is 13.0 Å². The summed E-state index contributed by atoms with van der Waals surface area (Å²) in [4.78, 5) is 0. The van der Waals surface area contributed by atoms with Crippen LogP contribution in [0.5, 0.6) is 17.2 Å². The van der Waals surface area contributed by atoms with E-state index in [1.807, 2.05) is 36.4 Å². The predicted molar refractivity (Wildman–Crippen MR) is 96.9 cm³/mol. The molecule has 1 saturated heterocycles. The van der Waals surface area contributed by atoms with E-state index in [9.17, 15) is 0 Å². The normalized spacial score (nSPS) is 19.7. The molecule has 1 heterocycles. The van der Waals surface area contributed by atoms with Crippen molar-refractivity contribution in [2.24, 2.45) is 0 Å². The van der Waals surface area contributed by atoms with Crippen LogP contribution in [0.25, 0.3) is 0 Å². The highest BCUT2D eigenvalue weighted by Crippen LogP contribution is 2.38. The average molecular weight is 364 g/mol. The quantitative estimate of drug-likeness (QED) is 0.849. The highest BCUT2D eigenvalue weighted by Gasteiger charge is 2.27. The van der Waals surface area contributed by atoms with Gasteiger partial charge in [-0.3, -0.25) is 5.32 Å². The van der Waals surface area contributed by atoms with Crippen LogP contribution >= 0.6 is 11.6 Å². The molecular weight excluding hydrogens is 342 g/mol. The van der Waals surface area contributed by atoms with E-state index in [1.165, 1.54) is 0 Å². The van der Waals surface area contributed by atoms with Gasteiger partial charge in [-0.1, -0.05) is 29.8 Å². The molecule has 0 saturated carbocycles. The largest absolute Gasteiger partial charge is 0.497 e. The summed E-state index contributed by atoms with van der Waals surface area (Å²) in [7, 11) is 4.83. The van der Waals surface area contributed by atoms with E-state index in [0.29, 0.717) is 22.9 Å². The number of hydrogen-bond acceptors (Lipinski definition) is 5. The molecule has 2 atom stereocenters. The Hall–Kier alpha value is -1.95. The topological polar surface area (TPSA) is 49.0 Å². The average Bonchev–Trinajstić information content (AvgIpc) is 3.11. The van der Waals surface area contributed by atoms with Crippen LogP contribution in [0.4, 0.5) is 0 Å². The number of hydrogen-bond donors (Lipinski definition) is 1. The van der Waals surface area contributed by atoms with Gasteiger partial charge in [-0.15, -0.1) is 0 Å². The number of benzene rings is 2. The summed E-state index contributed by atoms with van der Waals surface area (Å²) < 4.78 is 21.9. The molecule has 6 heteroatoms. The lowest BCUT2D eigenvalue weighted by Gasteiger charge is -2.16. The highest BCUT2D eigenvalue weighted by molar-refractivity contribution is 6.33. The summed E-state index contributed by atoms with van der Waals surface area (Å²) in [5.74, 6) is 2.00. The zero-order valence-corrected chi connectivity index (χ0v) is 15.3. The van der Waals surface area contributed by atoms with E-state index >= 15 is 0 Å². The third-order valence-electron chi connectivity index (χ3n) is 4.32. The van der Waals surface area contributed by atoms with Crippen molar-refractivity contribution in [3.05, 3.63) is 52.5 Å². The van der Waals surface area contributed by atoms with Gasteiger partial charge in [0.05, 0.1) is 32.5 Å². The maximum Gasteiger partial charge on any atom is 0.179 e. The first-order chi connectivity index (χ1) is 12.2. The Morgan fingerprint density at radius 1 is 1.04 bits per heavy atom. The predicted octanol–water partition coefficient (Wildman–Crippen LogP) is 3.60. The van der Waals surface area contributed by atoms with Crippen LogP contribution in [-0.4, -0.2) is 34.1 Å². The smallest absolute Gasteiger partial charge is 0.179 e. The van der Waals surface area contributed by atoms with Gasteiger partial charge >= 0.3 is 0 Å². The molecule has 5 nitrogen and oxygen atoms in total. The van der Waals surface area contributed by atoms with Gasteiger partial charge in [0.25, 0.3) is 0 Å². The number of halogens is 1. The van der Waals surface area contributed by atoms with Crippen LogP contribution in [-0.2, 0) is 11.2 Å². The molecule has 3 rings (SSSR count). The van der Waals surface area contributed by atoms with Gasteiger partial charge in [0.2, 0.25) is 0 Å². The Kier molecular flexibility index (Phi) is 5.68. The fourth-order valence-electron chi connectivity index (χ4n) is 2.96. The molecular formula is C19H22ClNO4. The summed E-state index contributed by atoms with van der Waals surface area (Å²) >= 11 is 6.46. The van der Waals surface area contributed by atoms with Gasteiger partial charge in [-0.25, -0.2) is 0 Å². The summed E-state index contributed by atoms with van der Waals surface area (Å²) in [6, 6.07) is 11.7. The van der Waals surface area contributed by atoms with Crippen molar-refractivity contribution < 1.29 is 18.9 Å². The van der Waals surface area contributed by atoms with Gasteiger partial charge in [-0.05, 0) is 29.3 Å². The number of ether oxygens (including phenoxy) is 4. The summed E-state index contributed by atoms with van der Waals surface area (Å²) in [5, 5.41) is 3.95. The Morgan fingerprint density at radius 3 is 2.44 bits per heavy atom. The van der Waals surface area contributed by atoms with E-state index in [4.69, 9.17) is 30.5 Å². The Balaban J connectivity index is 1.68. The van der Waals surface area contributed by atoms with Crippen LogP contribution < -0.4 is 19.5 Å². The molecule has 0 aromatic heterocycles. The molecule has 1 aliphatic heterocycles. The first-order valence-electron chi connectivity index (χ1n) is 8.08.